The summed E-state index contributed by atoms with van der Waals surface area (Å²) in [6, 6.07) is 4.75. The average Bonchev–Trinajstić information content (AvgIpc) is 2.43. The molecule has 0 radical (unpaired) electrons. The van der Waals surface area contributed by atoms with Gasteiger partial charge in [-0.15, -0.1) is 0 Å². The standard InChI is InChI=1S/C14H25N3S/c1-5-13(15)14-7-6-12(10-16-14)17(3)11(2)8-9-18-4/h6-7,10-11,13H,5,8-9,15H2,1-4H3/t11?,13-/m0/s1. The highest BCUT2D eigenvalue weighted by Gasteiger charge is 2.11. The van der Waals surface area contributed by atoms with E-state index in [4.69, 9.17) is 5.73 Å². The lowest BCUT2D eigenvalue weighted by Gasteiger charge is -2.26. The Bertz CT molecular complexity index is 339. The Morgan fingerprint density at radius 2 is 2.17 bits per heavy atom. The van der Waals surface area contributed by atoms with Gasteiger partial charge in [0.1, 0.15) is 0 Å². The molecule has 102 valence electrons. The molecule has 0 spiro atoms. The molecule has 0 saturated heterocycles. The Hall–Kier alpha value is -0.740. The molecule has 0 bridgehead atoms. The fourth-order valence-corrected chi connectivity index (χ4v) is 2.35. The van der Waals surface area contributed by atoms with E-state index in [1.165, 1.54) is 12.2 Å². The first-order chi connectivity index (χ1) is 8.60. The van der Waals surface area contributed by atoms with Crippen LogP contribution in [-0.2, 0) is 0 Å². The molecule has 0 aliphatic heterocycles. The second kappa shape index (κ2) is 7.64. The van der Waals surface area contributed by atoms with Gasteiger partial charge in [0, 0.05) is 19.1 Å². The maximum atomic E-state index is 5.97. The van der Waals surface area contributed by atoms with Gasteiger partial charge in [0.2, 0.25) is 0 Å². The largest absolute Gasteiger partial charge is 0.371 e. The Morgan fingerprint density at radius 3 is 2.67 bits per heavy atom. The third-order valence-electron chi connectivity index (χ3n) is 3.40. The van der Waals surface area contributed by atoms with Crippen LogP contribution in [-0.4, -0.2) is 30.1 Å². The predicted molar refractivity (Wildman–Crippen MR) is 82.3 cm³/mol. The Balaban J connectivity index is 2.66. The number of thioether (sulfide) groups is 1. The van der Waals surface area contributed by atoms with Gasteiger partial charge in [-0.2, -0.15) is 11.8 Å². The number of hydrogen-bond donors (Lipinski definition) is 1. The van der Waals surface area contributed by atoms with Crippen LogP contribution in [0.3, 0.4) is 0 Å². The van der Waals surface area contributed by atoms with E-state index in [-0.39, 0.29) is 6.04 Å². The van der Waals surface area contributed by atoms with Gasteiger partial charge < -0.3 is 10.6 Å². The normalized spacial score (nSPS) is 14.3. The summed E-state index contributed by atoms with van der Waals surface area (Å²) in [5, 5.41) is 0. The van der Waals surface area contributed by atoms with Gasteiger partial charge in [-0.1, -0.05) is 6.92 Å². The number of anilines is 1. The molecule has 1 heterocycles. The molecular weight excluding hydrogens is 242 g/mol. The topological polar surface area (TPSA) is 42.1 Å². The first-order valence-corrected chi connectivity index (χ1v) is 7.92. The summed E-state index contributed by atoms with van der Waals surface area (Å²) in [6.45, 7) is 4.33. The van der Waals surface area contributed by atoms with Crippen molar-refractivity contribution >= 4 is 17.4 Å². The second-order valence-electron chi connectivity index (χ2n) is 4.70. The summed E-state index contributed by atoms with van der Waals surface area (Å²) in [4.78, 5) is 6.74. The zero-order valence-corrected chi connectivity index (χ0v) is 12.7. The fraction of sp³-hybridized carbons (Fsp3) is 0.643. The molecular formula is C14H25N3S. The summed E-state index contributed by atoms with van der Waals surface area (Å²) in [5.41, 5.74) is 8.11. The van der Waals surface area contributed by atoms with Gasteiger partial charge in [0.15, 0.2) is 0 Å². The third-order valence-corrected chi connectivity index (χ3v) is 4.04. The smallest absolute Gasteiger partial charge is 0.0572 e. The minimum Gasteiger partial charge on any atom is -0.371 e. The summed E-state index contributed by atoms with van der Waals surface area (Å²) in [6.07, 6.45) is 6.19. The highest BCUT2D eigenvalue weighted by molar-refractivity contribution is 7.98. The highest BCUT2D eigenvalue weighted by atomic mass is 32.2. The third kappa shape index (κ3) is 4.18. The van der Waals surface area contributed by atoms with Crippen molar-refractivity contribution in [3.05, 3.63) is 24.0 Å². The van der Waals surface area contributed by atoms with Gasteiger partial charge >= 0.3 is 0 Å². The van der Waals surface area contributed by atoms with Crippen molar-refractivity contribution in [1.82, 2.24) is 4.98 Å². The molecule has 18 heavy (non-hydrogen) atoms. The van der Waals surface area contributed by atoms with Gasteiger partial charge in [-0.05, 0) is 43.9 Å². The maximum absolute atomic E-state index is 5.97. The summed E-state index contributed by atoms with van der Waals surface area (Å²) in [7, 11) is 2.13. The molecule has 3 nitrogen and oxygen atoms in total. The van der Waals surface area contributed by atoms with E-state index in [9.17, 15) is 0 Å². The molecule has 0 amide bonds. The zero-order chi connectivity index (χ0) is 13.5. The maximum Gasteiger partial charge on any atom is 0.0572 e. The fourth-order valence-electron chi connectivity index (χ4n) is 1.77. The minimum atomic E-state index is 0.0540. The lowest BCUT2D eigenvalue weighted by molar-refractivity contribution is 0.660. The lowest BCUT2D eigenvalue weighted by Crippen LogP contribution is -2.29. The number of nitrogens with two attached hydrogens (primary N) is 1. The van der Waals surface area contributed by atoms with E-state index in [1.54, 1.807) is 0 Å². The van der Waals surface area contributed by atoms with Crippen molar-refractivity contribution < 1.29 is 0 Å². The van der Waals surface area contributed by atoms with Crippen LogP contribution in [0.1, 0.15) is 38.4 Å². The van der Waals surface area contributed by atoms with E-state index in [2.05, 4.69) is 43.1 Å². The van der Waals surface area contributed by atoms with Crippen molar-refractivity contribution in [1.29, 1.82) is 0 Å². The van der Waals surface area contributed by atoms with Crippen LogP contribution < -0.4 is 10.6 Å². The number of nitrogens with zero attached hydrogens (tertiary/aromatic N) is 2. The van der Waals surface area contributed by atoms with Crippen LogP contribution >= 0.6 is 11.8 Å². The van der Waals surface area contributed by atoms with Crippen LogP contribution in [0.2, 0.25) is 0 Å². The molecule has 0 aliphatic carbocycles. The Labute approximate surface area is 115 Å². The van der Waals surface area contributed by atoms with Crippen molar-refractivity contribution in [2.45, 2.75) is 38.8 Å². The number of hydrogen-bond acceptors (Lipinski definition) is 4. The zero-order valence-electron chi connectivity index (χ0n) is 11.9. The first kappa shape index (κ1) is 15.3. The van der Waals surface area contributed by atoms with E-state index in [0.29, 0.717) is 6.04 Å². The molecule has 2 N–H and O–H groups in total. The summed E-state index contributed by atoms with van der Waals surface area (Å²) in [5.74, 6) is 1.19. The van der Waals surface area contributed by atoms with Gasteiger partial charge in [0.05, 0.1) is 17.6 Å². The molecule has 0 aromatic carbocycles. The van der Waals surface area contributed by atoms with Crippen LogP contribution in [0, 0.1) is 0 Å². The van der Waals surface area contributed by atoms with E-state index >= 15 is 0 Å². The highest BCUT2D eigenvalue weighted by Crippen LogP contribution is 2.19. The number of rotatable bonds is 7. The first-order valence-electron chi connectivity index (χ1n) is 6.53. The van der Waals surface area contributed by atoms with Gasteiger partial charge in [0.25, 0.3) is 0 Å². The molecule has 1 aromatic heterocycles. The Morgan fingerprint density at radius 1 is 1.44 bits per heavy atom. The summed E-state index contributed by atoms with van der Waals surface area (Å²) < 4.78 is 0. The van der Waals surface area contributed by atoms with E-state index in [1.807, 2.05) is 24.0 Å². The molecule has 1 aromatic rings. The molecule has 2 atom stereocenters. The Kier molecular flexibility index (Phi) is 6.50. The molecule has 1 rings (SSSR count). The van der Waals surface area contributed by atoms with Crippen LogP contribution in [0.25, 0.3) is 0 Å². The average molecular weight is 267 g/mol. The van der Waals surface area contributed by atoms with Crippen molar-refractivity contribution in [3.8, 4) is 0 Å². The van der Waals surface area contributed by atoms with Crippen LogP contribution in [0.15, 0.2) is 18.3 Å². The van der Waals surface area contributed by atoms with E-state index < -0.39 is 0 Å². The van der Waals surface area contributed by atoms with Crippen LogP contribution in [0.4, 0.5) is 5.69 Å². The predicted octanol–water partition coefficient (Wildman–Crippen LogP) is 3.07. The van der Waals surface area contributed by atoms with Crippen LogP contribution in [0.5, 0.6) is 0 Å². The lowest BCUT2D eigenvalue weighted by atomic mass is 10.1. The van der Waals surface area contributed by atoms with Crippen molar-refractivity contribution in [2.24, 2.45) is 5.73 Å². The second-order valence-corrected chi connectivity index (χ2v) is 5.68. The summed E-state index contributed by atoms with van der Waals surface area (Å²) >= 11 is 1.89. The van der Waals surface area contributed by atoms with Crippen molar-refractivity contribution in [2.75, 3.05) is 24.0 Å². The SMILES string of the molecule is CC[C@H](N)c1ccc(N(C)C(C)CCSC)cn1. The molecule has 0 fully saturated rings. The van der Waals surface area contributed by atoms with Crippen molar-refractivity contribution in [3.63, 3.8) is 0 Å². The van der Waals surface area contributed by atoms with Gasteiger partial charge in [-0.25, -0.2) is 0 Å². The quantitative estimate of drug-likeness (QED) is 0.824. The number of pyridine rings is 1. The number of aromatic nitrogens is 1. The molecule has 1 unspecified atom stereocenters. The molecule has 0 aliphatic rings. The minimum absolute atomic E-state index is 0.0540. The van der Waals surface area contributed by atoms with Gasteiger partial charge in [-0.3, -0.25) is 4.98 Å². The molecule has 4 heteroatoms. The molecule has 0 saturated carbocycles. The monoisotopic (exact) mass is 267 g/mol. The van der Waals surface area contributed by atoms with E-state index in [0.717, 1.165) is 17.8 Å².